The second kappa shape index (κ2) is 6.93. The van der Waals surface area contributed by atoms with Crippen molar-refractivity contribution in [3.8, 4) is 0 Å². The molecule has 0 bridgehead atoms. The fourth-order valence-corrected chi connectivity index (χ4v) is 4.00. The molecule has 4 rings (SSSR count). The molecule has 0 aliphatic heterocycles. The van der Waals surface area contributed by atoms with E-state index < -0.39 is 0 Å². The number of para-hydroxylation sites is 1. The number of nitrogens with zero attached hydrogens (tertiary/aromatic N) is 4. The Kier molecular flexibility index (Phi) is 4.50. The average Bonchev–Trinajstić information content (AvgIpc) is 3.18. The molecule has 3 aromatic rings. The predicted octanol–water partition coefficient (Wildman–Crippen LogP) is 2.78. The van der Waals surface area contributed by atoms with E-state index in [1.165, 1.54) is 0 Å². The first kappa shape index (κ1) is 16.2. The van der Waals surface area contributed by atoms with Gasteiger partial charge in [-0.25, -0.2) is 9.97 Å². The highest BCUT2D eigenvalue weighted by atomic mass is 32.1. The lowest BCUT2D eigenvalue weighted by atomic mass is 10.2. The third kappa shape index (κ3) is 3.43. The van der Waals surface area contributed by atoms with Crippen molar-refractivity contribution in [3.63, 3.8) is 0 Å². The molecule has 1 saturated carbocycles. The number of benzene rings is 1. The minimum Gasteiger partial charge on any atom is -0.337 e. The second-order valence-corrected chi connectivity index (χ2v) is 7.39. The lowest BCUT2D eigenvalue weighted by Crippen LogP contribution is -2.33. The molecule has 0 spiro atoms. The van der Waals surface area contributed by atoms with E-state index in [-0.39, 0.29) is 11.8 Å². The highest BCUT2D eigenvalue weighted by Gasteiger charge is 2.35. The highest BCUT2D eigenvalue weighted by molar-refractivity contribution is 7.22. The number of nitrogens with two attached hydrogens (primary N) is 1. The van der Waals surface area contributed by atoms with Crippen molar-refractivity contribution in [1.82, 2.24) is 14.5 Å². The summed E-state index contributed by atoms with van der Waals surface area (Å²) in [5, 5.41) is 0.790. The quantitative estimate of drug-likeness (QED) is 0.707. The molecule has 1 aliphatic carbocycles. The number of carbonyl (C=O) groups is 1. The van der Waals surface area contributed by atoms with Crippen LogP contribution in [0.15, 0.2) is 36.9 Å². The number of aryl methyl sites for hydroxylation is 1. The number of amides is 1. The molecule has 1 fully saturated rings. The highest BCUT2D eigenvalue weighted by Crippen LogP contribution is 2.36. The first-order valence-corrected chi connectivity index (χ1v) is 9.43. The van der Waals surface area contributed by atoms with Crippen LogP contribution in [0.4, 0.5) is 5.13 Å². The minimum atomic E-state index is 0.175. The summed E-state index contributed by atoms with van der Waals surface area (Å²) >= 11 is 1.58. The van der Waals surface area contributed by atoms with Gasteiger partial charge in [-0.15, -0.1) is 0 Å². The normalized spacial score (nSPS) is 14.1. The molecule has 2 aromatic heterocycles. The van der Waals surface area contributed by atoms with Crippen molar-refractivity contribution in [3.05, 3.63) is 42.5 Å². The maximum absolute atomic E-state index is 12.8. The Labute approximate surface area is 150 Å². The standard InChI is InChI=1S/C18H21N5OS/c19-11-14-3-1-4-15-16(14)21-18(25-15)23(17(24)13-5-6-13)9-2-8-22-10-7-20-12-22/h1,3-4,7,10,12-13H,2,5-6,8-9,11,19H2. The third-order valence-corrected chi connectivity index (χ3v) is 5.54. The van der Waals surface area contributed by atoms with Crippen LogP contribution in [-0.2, 0) is 17.9 Å². The van der Waals surface area contributed by atoms with Crippen molar-refractivity contribution in [2.24, 2.45) is 11.7 Å². The maximum Gasteiger partial charge on any atom is 0.231 e. The third-order valence-electron chi connectivity index (χ3n) is 4.49. The zero-order valence-corrected chi connectivity index (χ0v) is 14.8. The Balaban J connectivity index is 1.57. The van der Waals surface area contributed by atoms with E-state index in [1.54, 1.807) is 23.9 Å². The summed E-state index contributed by atoms with van der Waals surface area (Å²) in [6.07, 6.45) is 8.38. The van der Waals surface area contributed by atoms with Gasteiger partial charge in [0.15, 0.2) is 5.13 Å². The van der Waals surface area contributed by atoms with Crippen LogP contribution in [0.1, 0.15) is 24.8 Å². The van der Waals surface area contributed by atoms with Crippen molar-refractivity contribution in [2.75, 3.05) is 11.4 Å². The molecule has 1 amide bonds. The molecular formula is C18H21N5OS. The van der Waals surface area contributed by atoms with E-state index in [4.69, 9.17) is 10.7 Å². The lowest BCUT2D eigenvalue weighted by Gasteiger charge is -2.19. The molecular weight excluding hydrogens is 334 g/mol. The van der Waals surface area contributed by atoms with Gasteiger partial charge in [-0.1, -0.05) is 23.5 Å². The molecule has 0 unspecified atom stereocenters. The summed E-state index contributed by atoms with van der Waals surface area (Å²) in [5.41, 5.74) is 7.78. The van der Waals surface area contributed by atoms with Crippen LogP contribution in [-0.4, -0.2) is 27.0 Å². The van der Waals surface area contributed by atoms with E-state index in [2.05, 4.69) is 4.98 Å². The fourth-order valence-electron chi connectivity index (χ4n) is 2.96. The number of imidazole rings is 1. The Morgan fingerprint density at radius 3 is 3.00 bits per heavy atom. The van der Waals surface area contributed by atoms with Crippen LogP contribution in [0, 0.1) is 5.92 Å². The average molecular weight is 355 g/mol. The Morgan fingerprint density at radius 1 is 1.40 bits per heavy atom. The van der Waals surface area contributed by atoms with Crippen LogP contribution in [0.25, 0.3) is 10.2 Å². The number of rotatable bonds is 7. The van der Waals surface area contributed by atoms with E-state index in [1.807, 2.05) is 33.9 Å². The maximum atomic E-state index is 12.8. The summed E-state index contributed by atoms with van der Waals surface area (Å²) < 4.78 is 3.12. The van der Waals surface area contributed by atoms with Gasteiger partial charge in [0.1, 0.15) is 0 Å². The Morgan fingerprint density at radius 2 is 2.28 bits per heavy atom. The number of hydrogen-bond acceptors (Lipinski definition) is 5. The summed E-state index contributed by atoms with van der Waals surface area (Å²) in [7, 11) is 0. The number of carbonyl (C=O) groups excluding carboxylic acids is 1. The Hall–Kier alpha value is -2.25. The van der Waals surface area contributed by atoms with Crippen LogP contribution >= 0.6 is 11.3 Å². The Bertz CT molecular complexity index is 869. The number of anilines is 1. The SMILES string of the molecule is NCc1cccc2sc(N(CCCn3ccnc3)C(=O)C3CC3)nc12. The first-order valence-electron chi connectivity index (χ1n) is 8.62. The van der Waals surface area contributed by atoms with Crippen molar-refractivity contribution >= 4 is 32.6 Å². The minimum absolute atomic E-state index is 0.175. The van der Waals surface area contributed by atoms with Crippen LogP contribution in [0.2, 0.25) is 0 Å². The van der Waals surface area contributed by atoms with Crippen LogP contribution in [0.5, 0.6) is 0 Å². The van der Waals surface area contributed by atoms with Gasteiger partial charge < -0.3 is 10.3 Å². The topological polar surface area (TPSA) is 77.0 Å². The summed E-state index contributed by atoms with van der Waals surface area (Å²) in [5.74, 6) is 0.383. The largest absolute Gasteiger partial charge is 0.337 e. The van der Waals surface area contributed by atoms with Gasteiger partial charge in [-0.05, 0) is 30.9 Å². The fraction of sp³-hybridized carbons (Fsp3) is 0.389. The van der Waals surface area contributed by atoms with Gasteiger partial charge >= 0.3 is 0 Å². The number of aromatic nitrogens is 3. The number of fused-ring (bicyclic) bond motifs is 1. The molecule has 1 aliphatic rings. The molecule has 7 heteroatoms. The molecule has 130 valence electrons. The van der Waals surface area contributed by atoms with Gasteiger partial charge in [-0.2, -0.15) is 0 Å². The van der Waals surface area contributed by atoms with Gasteiger partial charge in [0.2, 0.25) is 5.91 Å². The summed E-state index contributed by atoms with van der Waals surface area (Å²) in [4.78, 5) is 23.5. The summed E-state index contributed by atoms with van der Waals surface area (Å²) in [6.45, 7) is 1.97. The monoisotopic (exact) mass is 355 g/mol. The number of thiazole rings is 1. The zero-order chi connectivity index (χ0) is 17.2. The van der Waals surface area contributed by atoms with E-state index in [9.17, 15) is 4.79 Å². The molecule has 1 aromatic carbocycles. The molecule has 0 atom stereocenters. The van der Waals surface area contributed by atoms with Crippen molar-refractivity contribution < 1.29 is 4.79 Å². The summed E-state index contributed by atoms with van der Waals surface area (Å²) in [6, 6.07) is 6.04. The zero-order valence-electron chi connectivity index (χ0n) is 14.0. The molecule has 0 radical (unpaired) electrons. The smallest absolute Gasteiger partial charge is 0.231 e. The van der Waals surface area contributed by atoms with Gasteiger partial charge in [0.25, 0.3) is 0 Å². The lowest BCUT2D eigenvalue weighted by molar-refractivity contribution is -0.119. The second-order valence-electron chi connectivity index (χ2n) is 6.38. The molecule has 6 nitrogen and oxygen atoms in total. The molecule has 0 saturated heterocycles. The van der Waals surface area contributed by atoms with Gasteiger partial charge in [0.05, 0.1) is 16.5 Å². The van der Waals surface area contributed by atoms with Gasteiger partial charge in [0, 0.05) is 37.9 Å². The van der Waals surface area contributed by atoms with E-state index >= 15 is 0 Å². The first-order chi connectivity index (χ1) is 12.3. The predicted molar refractivity (Wildman–Crippen MR) is 99.4 cm³/mol. The van der Waals surface area contributed by atoms with E-state index in [0.717, 1.165) is 46.7 Å². The molecule has 2 N–H and O–H groups in total. The van der Waals surface area contributed by atoms with E-state index in [0.29, 0.717) is 13.1 Å². The molecule has 2 heterocycles. The van der Waals surface area contributed by atoms with Crippen LogP contribution in [0.3, 0.4) is 0 Å². The van der Waals surface area contributed by atoms with Crippen molar-refractivity contribution in [2.45, 2.75) is 32.4 Å². The number of hydrogen-bond donors (Lipinski definition) is 1. The molecule has 25 heavy (non-hydrogen) atoms. The van der Waals surface area contributed by atoms with Gasteiger partial charge in [-0.3, -0.25) is 9.69 Å². The van der Waals surface area contributed by atoms with Crippen molar-refractivity contribution in [1.29, 1.82) is 0 Å². The van der Waals surface area contributed by atoms with Crippen LogP contribution < -0.4 is 10.6 Å².